The molecule has 0 spiro atoms. The van der Waals surface area contributed by atoms with E-state index in [9.17, 15) is 13.2 Å². The quantitative estimate of drug-likeness (QED) is 0.833. The van der Waals surface area contributed by atoms with E-state index in [1.165, 1.54) is 31.4 Å². The molecule has 0 bridgehead atoms. The molecule has 4 heteroatoms. The standard InChI is InChI=1S/C17H24F3N/c1-3-21-16(14-7-4-12(2)10-14)11-13-5-8-15(9-6-13)17(18,19)20/h5-6,8-9,12,14,16,21H,3-4,7,10-11H2,1-2H3. The predicted octanol–water partition coefficient (Wildman–Crippen LogP) is 4.66. The molecule has 1 aliphatic rings. The van der Waals surface area contributed by atoms with Crippen LogP contribution in [0.4, 0.5) is 13.2 Å². The van der Waals surface area contributed by atoms with E-state index in [0.717, 1.165) is 24.4 Å². The molecule has 1 aliphatic carbocycles. The lowest BCUT2D eigenvalue weighted by molar-refractivity contribution is -0.137. The summed E-state index contributed by atoms with van der Waals surface area (Å²) in [6, 6.07) is 5.99. The topological polar surface area (TPSA) is 12.0 Å². The summed E-state index contributed by atoms with van der Waals surface area (Å²) >= 11 is 0. The normalized spacial score (nSPS) is 24.2. The molecule has 0 amide bonds. The van der Waals surface area contributed by atoms with Crippen molar-refractivity contribution in [2.24, 2.45) is 11.8 Å². The highest BCUT2D eigenvalue weighted by molar-refractivity contribution is 5.25. The number of hydrogen-bond donors (Lipinski definition) is 1. The smallest absolute Gasteiger partial charge is 0.314 e. The van der Waals surface area contributed by atoms with Gasteiger partial charge in [0, 0.05) is 6.04 Å². The molecule has 1 aromatic rings. The summed E-state index contributed by atoms with van der Waals surface area (Å²) in [6.07, 6.45) is 0.265. The second-order valence-electron chi connectivity index (χ2n) is 6.24. The first kappa shape index (κ1) is 16.3. The summed E-state index contributed by atoms with van der Waals surface area (Å²) < 4.78 is 37.7. The SMILES string of the molecule is CCNC(Cc1ccc(C(F)(F)F)cc1)C1CCC(C)C1. The Morgan fingerprint density at radius 2 is 1.86 bits per heavy atom. The van der Waals surface area contributed by atoms with Gasteiger partial charge in [0.2, 0.25) is 0 Å². The van der Waals surface area contributed by atoms with Crippen LogP contribution < -0.4 is 5.32 Å². The monoisotopic (exact) mass is 299 g/mol. The maximum atomic E-state index is 12.6. The summed E-state index contributed by atoms with van der Waals surface area (Å²) in [7, 11) is 0. The Balaban J connectivity index is 2.03. The summed E-state index contributed by atoms with van der Waals surface area (Å²) in [5.41, 5.74) is 0.411. The van der Waals surface area contributed by atoms with Gasteiger partial charge >= 0.3 is 6.18 Å². The Morgan fingerprint density at radius 1 is 1.19 bits per heavy atom. The molecule has 3 atom stereocenters. The van der Waals surface area contributed by atoms with Gasteiger partial charge in [-0.3, -0.25) is 0 Å². The van der Waals surface area contributed by atoms with Gasteiger partial charge in [-0.15, -0.1) is 0 Å². The molecular weight excluding hydrogens is 275 g/mol. The first-order valence-corrected chi connectivity index (χ1v) is 7.79. The molecule has 21 heavy (non-hydrogen) atoms. The first-order valence-electron chi connectivity index (χ1n) is 7.79. The third-order valence-electron chi connectivity index (χ3n) is 4.51. The minimum absolute atomic E-state index is 0.372. The lowest BCUT2D eigenvalue weighted by Gasteiger charge is -2.25. The highest BCUT2D eigenvalue weighted by Crippen LogP contribution is 2.34. The number of nitrogens with one attached hydrogen (secondary N) is 1. The van der Waals surface area contributed by atoms with Crippen LogP contribution in [-0.2, 0) is 12.6 Å². The molecule has 0 radical (unpaired) electrons. The molecule has 1 saturated carbocycles. The van der Waals surface area contributed by atoms with Crippen LogP contribution >= 0.6 is 0 Å². The Bertz CT molecular complexity index is 438. The third-order valence-corrected chi connectivity index (χ3v) is 4.51. The van der Waals surface area contributed by atoms with Crippen molar-refractivity contribution in [1.29, 1.82) is 0 Å². The van der Waals surface area contributed by atoms with E-state index in [-0.39, 0.29) is 0 Å². The summed E-state index contributed by atoms with van der Waals surface area (Å²) in [5, 5.41) is 3.52. The van der Waals surface area contributed by atoms with Crippen LogP contribution in [0.25, 0.3) is 0 Å². The highest BCUT2D eigenvalue weighted by atomic mass is 19.4. The van der Waals surface area contributed by atoms with E-state index in [1.807, 2.05) is 0 Å². The van der Waals surface area contributed by atoms with Crippen LogP contribution in [-0.4, -0.2) is 12.6 Å². The maximum Gasteiger partial charge on any atom is 0.416 e. The van der Waals surface area contributed by atoms with Crippen molar-refractivity contribution in [2.75, 3.05) is 6.54 Å². The third kappa shape index (κ3) is 4.47. The number of hydrogen-bond acceptors (Lipinski definition) is 1. The van der Waals surface area contributed by atoms with Gasteiger partial charge in [0.05, 0.1) is 5.56 Å². The van der Waals surface area contributed by atoms with Gasteiger partial charge in [-0.25, -0.2) is 0 Å². The number of benzene rings is 1. The van der Waals surface area contributed by atoms with Crippen molar-refractivity contribution in [3.63, 3.8) is 0 Å². The molecule has 1 N–H and O–H groups in total. The number of halogens is 3. The largest absolute Gasteiger partial charge is 0.416 e. The molecule has 0 aliphatic heterocycles. The van der Waals surface area contributed by atoms with Gasteiger partial charge in [-0.2, -0.15) is 13.2 Å². The first-order chi connectivity index (χ1) is 9.90. The fourth-order valence-electron chi connectivity index (χ4n) is 3.37. The van der Waals surface area contributed by atoms with Crippen molar-refractivity contribution < 1.29 is 13.2 Å². The second kappa shape index (κ2) is 6.82. The van der Waals surface area contributed by atoms with E-state index in [0.29, 0.717) is 12.0 Å². The van der Waals surface area contributed by atoms with Gasteiger partial charge < -0.3 is 5.32 Å². The van der Waals surface area contributed by atoms with Crippen LogP contribution in [0.15, 0.2) is 24.3 Å². The summed E-state index contributed by atoms with van der Waals surface area (Å²) in [4.78, 5) is 0. The van der Waals surface area contributed by atoms with Crippen molar-refractivity contribution in [2.45, 2.75) is 51.7 Å². The van der Waals surface area contributed by atoms with Gasteiger partial charge in [0.15, 0.2) is 0 Å². The van der Waals surface area contributed by atoms with Crippen LogP contribution in [0.2, 0.25) is 0 Å². The van der Waals surface area contributed by atoms with E-state index >= 15 is 0 Å². The van der Waals surface area contributed by atoms with Crippen LogP contribution in [0.5, 0.6) is 0 Å². The molecule has 1 aromatic carbocycles. The van der Waals surface area contributed by atoms with Crippen molar-refractivity contribution in [1.82, 2.24) is 5.32 Å². The van der Waals surface area contributed by atoms with Gasteiger partial charge in [0.25, 0.3) is 0 Å². The maximum absolute atomic E-state index is 12.6. The summed E-state index contributed by atoms with van der Waals surface area (Å²) in [5.74, 6) is 1.41. The van der Waals surface area contributed by atoms with Crippen molar-refractivity contribution >= 4 is 0 Å². The average Bonchev–Trinajstić information content (AvgIpc) is 2.84. The Hall–Kier alpha value is -1.03. The molecule has 0 heterocycles. The molecule has 1 nitrogen and oxygen atoms in total. The lowest BCUT2D eigenvalue weighted by atomic mass is 9.91. The van der Waals surface area contributed by atoms with Crippen LogP contribution in [0, 0.1) is 11.8 Å². The molecule has 1 fully saturated rings. The predicted molar refractivity (Wildman–Crippen MR) is 79.1 cm³/mol. The zero-order valence-corrected chi connectivity index (χ0v) is 12.7. The van der Waals surface area contributed by atoms with Crippen LogP contribution in [0.1, 0.15) is 44.2 Å². The summed E-state index contributed by atoms with van der Waals surface area (Å²) in [6.45, 7) is 5.26. The molecule has 0 aromatic heterocycles. The molecule has 3 unspecified atom stereocenters. The molecule has 2 rings (SSSR count). The Morgan fingerprint density at radius 3 is 2.33 bits per heavy atom. The van der Waals surface area contributed by atoms with Crippen molar-refractivity contribution in [3.8, 4) is 0 Å². The van der Waals surface area contributed by atoms with E-state index in [1.54, 1.807) is 12.1 Å². The second-order valence-corrected chi connectivity index (χ2v) is 6.24. The van der Waals surface area contributed by atoms with E-state index in [2.05, 4.69) is 19.2 Å². The fourth-order valence-corrected chi connectivity index (χ4v) is 3.37. The molecule has 0 saturated heterocycles. The van der Waals surface area contributed by atoms with E-state index < -0.39 is 11.7 Å². The van der Waals surface area contributed by atoms with Gasteiger partial charge in [0.1, 0.15) is 0 Å². The number of rotatable bonds is 5. The van der Waals surface area contributed by atoms with Crippen LogP contribution in [0.3, 0.4) is 0 Å². The average molecular weight is 299 g/mol. The number of alkyl halides is 3. The fraction of sp³-hybridized carbons (Fsp3) is 0.647. The van der Waals surface area contributed by atoms with Gasteiger partial charge in [-0.1, -0.05) is 32.4 Å². The Kier molecular flexibility index (Phi) is 5.31. The molecule has 118 valence electrons. The highest BCUT2D eigenvalue weighted by Gasteiger charge is 2.31. The van der Waals surface area contributed by atoms with E-state index in [4.69, 9.17) is 0 Å². The molecular formula is C17H24F3N. The Labute approximate surface area is 124 Å². The number of likely N-dealkylation sites (N-methyl/N-ethyl adjacent to an activating group) is 1. The minimum Gasteiger partial charge on any atom is -0.314 e. The zero-order chi connectivity index (χ0) is 15.5. The zero-order valence-electron chi connectivity index (χ0n) is 12.7. The minimum atomic E-state index is -4.25. The lowest BCUT2D eigenvalue weighted by Crippen LogP contribution is -2.37. The van der Waals surface area contributed by atoms with Gasteiger partial charge in [-0.05, 0) is 55.3 Å². The van der Waals surface area contributed by atoms with Crippen molar-refractivity contribution in [3.05, 3.63) is 35.4 Å².